The van der Waals surface area contributed by atoms with Crippen molar-refractivity contribution >= 4 is 21.7 Å². The van der Waals surface area contributed by atoms with Crippen molar-refractivity contribution in [2.24, 2.45) is 5.41 Å². The molecule has 1 heterocycles. The van der Waals surface area contributed by atoms with Crippen molar-refractivity contribution in [2.75, 3.05) is 23.7 Å². The van der Waals surface area contributed by atoms with Crippen molar-refractivity contribution in [3.05, 3.63) is 65.7 Å². The minimum atomic E-state index is -3.53. The largest absolute Gasteiger partial charge is 0.465 e. The van der Waals surface area contributed by atoms with Gasteiger partial charge in [0.15, 0.2) is 0 Å². The first-order chi connectivity index (χ1) is 12.4. The highest BCUT2D eigenvalue weighted by atomic mass is 32.2. The van der Waals surface area contributed by atoms with Crippen molar-refractivity contribution < 1.29 is 17.9 Å². The molecule has 0 saturated heterocycles. The molecule has 0 bridgehead atoms. The Morgan fingerprint density at radius 1 is 1.12 bits per heavy atom. The molecule has 0 N–H and O–H groups in total. The summed E-state index contributed by atoms with van der Waals surface area (Å²) in [6, 6.07) is 17.0. The van der Waals surface area contributed by atoms with Crippen LogP contribution in [0.2, 0.25) is 0 Å². The highest BCUT2D eigenvalue weighted by molar-refractivity contribution is 7.92. The summed E-state index contributed by atoms with van der Waals surface area (Å²) in [6.45, 7) is 2.10. The van der Waals surface area contributed by atoms with E-state index in [0.29, 0.717) is 18.5 Å². The average Bonchev–Trinajstić information content (AvgIpc) is 2.61. The first kappa shape index (κ1) is 18.5. The summed E-state index contributed by atoms with van der Waals surface area (Å²) in [5, 5.41) is 0. The molecular weight excluding hydrogens is 350 g/mol. The number of ether oxygens (including phenoxy) is 1. The Bertz CT molecular complexity index is 895. The van der Waals surface area contributed by atoms with E-state index in [0.717, 1.165) is 11.1 Å². The van der Waals surface area contributed by atoms with Crippen LogP contribution in [0.3, 0.4) is 0 Å². The second-order valence-corrected chi connectivity index (χ2v) is 8.65. The van der Waals surface area contributed by atoms with Gasteiger partial charge in [-0.05, 0) is 37.0 Å². The van der Waals surface area contributed by atoms with Crippen LogP contribution in [0.1, 0.15) is 18.1 Å². The fourth-order valence-corrected chi connectivity index (χ4v) is 4.60. The molecule has 0 aromatic heterocycles. The number of carbonyl (C=O) groups is 1. The Labute approximate surface area is 154 Å². The number of nitrogens with zero attached hydrogens (tertiary/aromatic N) is 1. The summed E-state index contributed by atoms with van der Waals surface area (Å²) in [7, 11) is -3.53. The molecule has 0 spiro atoms. The van der Waals surface area contributed by atoms with Gasteiger partial charge in [0.05, 0.1) is 30.5 Å². The molecule has 0 radical (unpaired) electrons. The van der Waals surface area contributed by atoms with Crippen LogP contribution >= 0.6 is 0 Å². The number of esters is 1. The van der Waals surface area contributed by atoms with E-state index >= 15 is 0 Å². The molecule has 26 heavy (non-hydrogen) atoms. The van der Waals surface area contributed by atoms with Crippen molar-refractivity contribution in [1.29, 1.82) is 0 Å². The standard InChI is InChI=1S/C20H23NO4S/c1-3-25-19(22)20(13-16-9-5-4-6-10-16)14-17-11-7-8-12-18(17)21(15-20)26(2,23)24/h4-12H,3,13-15H2,1-2H3/t20-/m0/s1. The third-order valence-electron chi connectivity index (χ3n) is 4.73. The van der Waals surface area contributed by atoms with E-state index in [-0.39, 0.29) is 19.1 Å². The maximum absolute atomic E-state index is 13.0. The molecule has 0 aliphatic carbocycles. The number of hydrogen-bond acceptors (Lipinski definition) is 4. The summed E-state index contributed by atoms with van der Waals surface area (Å²) in [5.74, 6) is -0.355. The van der Waals surface area contributed by atoms with Crippen molar-refractivity contribution in [1.82, 2.24) is 0 Å². The van der Waals surface area contributed by atoms with Gasteiger partial charge in [-0.25, -0.2) is 8.42 Å². The SMILES string of the molecule is CCOC(=O)[C@@]1(Cc2ccccc2)Cc2ccccc2N(S(C)(=O)=O)C1. The van der Waals surface area contributed by atoms with Crippen LogP contribution in [-0.2, 0) is 32.4 Å². The van der Waals surface area contributed by atoms with Crippen molar-refractivity contribution in [3.8, 4) is 0 Å². The molecule has 0 unspecified atom stereocenters. The molecule has 1 aliphatic rings. The Kier molecular flexibility index (Phi) is 5.05. The normalized spacial score (nSPS) is 19.7. The second-order valence-electron chi connectivity index (χ2n) is 6.74. The van der Waals surface area contributed by atoms with Gasteiger partial charge in [0.25, 0.3) is 0 Å². The molecule has 6 heteroatoms. The molecule has 0 amide bonds. The van der Waals surface area contributed by atoms with E-state index < -0.39 is 15.4 Å². The fourth-order valence-electron chi connectivity index (χ4n) is 3.58. The van der Waals surface area contributed by atoms with Crippen LogP contribution in [0.4, 0.5) is 5.69 Å². The number of fused-ring (bicyclic) bond motifs is 1. The third-order valence-corrected chi connectivity index (χ3v) is 5.86. The molecular formula is C20H23NO4S. The first-order valence-corrected chi connectivity index (χ1v) is 10.5. The number of benzene rings is 2. The maximum Gasteiger partial charge on any atom is 0.314 e. The smallest absolute Gasteiger partial charge is 0.314 e. The van der Waals surface area contributed by atoms with Gasteiger partial charge < -0.3 is 4.74 Å². The Morgan fingerprint density at radius 2 is 1.77 bits per heavy atom. The summed E-state index contributed by atoms with van der Waals surface area (Å²) >= 11 is 0. The van der Waals surface area contributed by atoms with E-state index in [9.17, 15) is 13.2 Å². The molecule has 0 fully saturated rings. The first-order valence-electron chi connectivity index (χ1n) is 8.62. The van der Waals surface area contributed by atoms with Gasteiger partial charge in [0.2, 0.25) is 10.0 Å². The average molecular weight is 373 g/mol. The summed E-state index contributed by atoms with van der Waals surface area (Å²) in [6.07, 6.45) is 2.05. The van der Waals surface area contributed by atoms with E-state index in [2.05, 4.69) is 0 Å². The molecule has 2 aromatic rings. The second kappa shape index (κ2) is 7.11. The minimum absolute atomic E-state index is 0.0799. The topological polar surface area (TPSA) is 63.7 Å². The number of para-hydroxylation sites is 1. The number of carbonyl (C=O) groups excluding carboxylic acids is 1. The summed E-state index contributed by atoms with van der Waals surface area (Å²) < 4.78 is 31.6. The van der Waals surface area contributed by atoms with Gasteiger partial charge in [-0.15, -0.1) is 0 Å². The monoisotopic (exact) mass is 373 g/mol. The van der Waals surface area contributed by atoms with E-state index in [1.165, 1.54) is 10.6 Å². The zero-order chi connectivity index (χ0) is 18.8. The van der Waals surface area contributed by atoms with Gasteiger partial charge in [0.1, 0.15) is 0 Å². The third kappa shape index (κ3) is 3.60. The zero-order valence-corrected chi connectivity index (χ0v) is 15.8. The van der Waals surface area contributed by atoms with Crippen molar-refractivity contribution in [2.45, 2.75) is 19.8 Å². The van der Waals surface area contributed by atoms with Gasteiger partial charge in [0, 0.05) is 0 Å². The molecule has 5 nitrogen and oxygen atoms in total. The van der Waals surface area contributed by atoms with Crippen LogP contribution in [0.5, 0.6) is 0 Å². The van der Waals surface area contributed by atoms with Gasteiger partial charge in [-0.2, -0.15) is 0 Å². The van der Waals surface area contributed by atoms with E-state index in [1.807, 2.05) is 48.5 Å². The van der Waals surface area contributed by atoms with E-state index in [1.54, 1.807) is 13.0 Å². The molecule has 138 valence electrons. The molecule has 3 rings (SSSR count). The van der Waals surface area contributed by atoms with Gasteiger partial charge in [-0.1, -0.05) is 48.5 Å². The Hall–Kier alpha value is -2.34. The summed E-state index contributed by atoms with van der Waals surface area (Å²) in [5.41, 5.74) is 1.51. The van der Waals surface area contributed by atoms with Crippen LogP contribution in [0.15, 0.2) is 54.6 Å². The molecule has 0 saturated carbocycles. The Balaban J connectivity index is 2.11. The number of hydrogen-bond donors (Lipinski definition) is 0. The molecule has 1 atom stereocenters. The minimum Gasteiger partial charge on any atom is -0.465 e. The highest BCUT2D eigenvalue weighted by Crippen LogP contribution is 2.41. The lowest BCUT2D eigenvalue weighted by atomic mass is 9.74. The van der Waals surface area contributed by atoms with Crippen LogP contribution in [-0.4, -0.2) is 33.8 Å². The lowest BCUT2D eigenvalue weighted by Crippen LogP contribution is -2.52. The van der Waals surface area contributed by atoms with Crippen LogP contribution < -0.4 is 4.31 Å². The lowest BCUT2D eigenvalue weighted by Gasteiger charge is -2.41. The van der Waals surface area contributed by atoms with Crippen LogP contribution in [0.25, 0.3) is 0 Å². The van der Waals surface area contributed by atoms with E-state index in [4.69, 9.17) is 4.74 Å². The quantitative estimate of drug-likeness (QED) is 0.756. The predicted molar refractivity (Wildman–Crippen MR) is 102 cm³/mol. The number of rotatable bonds is 5. The predicted octanol–water partition coefficient (Wildman–Crippen LogP) is 2.80. The fraction of sp³-hybridized carbons (Fsp3) is 0.350. The van der Waals surface area contributed by atoms with Crippen LogP contribution in [0, 0.1) is 5.41 Å². The molecule has 2 aromatic carbocycles. The zero-order valence-electron chi connectivity index (χ0n) is 15.0. The van der Waals surface area contributed by atoms with Gasteiger partial charge >= 0.3 is 5.97 Å². The highest BCUT2D eigenvalue weighted by Gasteiger charge is 2.47. The number of sulfonamides is 1. The summed E-state index contributed by atoms with van der Waals surface area (Å²) in [4.78, 5) is 13.0. The molecule has 1 aliphatic heterocycles. The Morgan fingerprint density at radius 3 is 2.42 bits per heavy atom. The maximum atomic E-state index is 13.0. The van der Waals surface area contributed by atoms with Crippen molar-refractivity contribution in [3.63, 3.8) is 0 Å². The lowest BCUT2D eigenvalue weighted by molar-refractivity contribution is -0.155. The van der Waals surface area contributed by atoms with Gasteiger partial charge in [-0.3, -0.25) is 9.10 Å². The number of anilines is 1.